The number of fused-ring (bicyclic) bond motifs is 1. The summed E-state index contributed by atoms with van der Waals surface area (Å²) in [7, 11) is 0. The molecule has 0 amide bonds. The van der Waals surface area contributed by atoms with Crippen LogP contribution in [0.4, 0.5) is 0 Å². The maximum atomic E-state index is 11.6. The van der Waals surface area contributed by atoms with Crippen molar-refractivity contribution in [1.29, 1.82) is 0 Å². The lowest BCUT2D eigenvalue weighted by atomic mass is 9.94. The number of hydrogen-bond acceptors (Lipinski definition) is 2. The molecule has 0 saturated carbocycles. The van der Waals surface area contributed by atoms with Gasteiger partial charge in [0.25, 0.3) is 0 Å². The predicted octanol–water partition coefficient (Wildman–Crippen LogP) is 7.16. The van der Waals surface area contributed by atoms with Gasteiger partial charge in [-0.15, -0.1) is 0 Å². The molecule has 1 fully saturated rings. The molecule has 1 saturated heterocycles. The number of halogens is 3. The monoisotopic (exact) mass is 420 g/mol. The zero-order chi connectivity index (χ0) is 19.0. The zero-order valence-corrected chi connectivity index (χ0v) is 16.6. The van der Waals surface area contributed by atoms with Crippen molar-refractivity contribution in [2.24, 2.45) is 0 Å². The van der Waals surface area contributed by atoms with E-state index in [0.29, 0.717) is 20.8 Å². The van der Waals surface area contributed by atoms with Crippen LogP contribution in [0, 0.1) is 0 Å². The highest BCUT2D eigenvalue weighted by Gasteiger charge is 2.25. The van der Waals surface area contributed by atoms with Gasteiger partial charge in [0.1, 0.15) is 0 Å². The number of hydrogen-bond donors (Lipinski definition) is 1. The molecule has 139 valence electrons. The molecule has 1 N–H and O–H groups in total. The lowest BCUT2D eigenvalue weighted by Gasteiger charge is -2.32. The minimum Gasteiger partial charge on any atom is -0.472 e. The van der Waals surface area contributed by atoms with Gasteiger partial charge in [0.15, 0.2) is 17.7 Å². The van der Waals surface area contributed by atoms with Gasteiger partial charge in [-0.1, -0.05) is 53.0 Å². The third kappa shape index (κ3) is 4.12. The van der Waals surface area contributed by atoms with Gasteiger partial charge in [0.05, 0.1) is 10.0 Å². The summed E-state index contributed by atoms with van der Waals surface area (Å²) in [6.07, 6.45) is 2.64. The fourth-order valence-electron chi connectivity index (χ4n) is 3.50. The summed E-state index contributed by atoms with van der Waals surface area (Å²) in [5, 5.41) is 18.4. The minimum atomic E-state index is -0.207. The van der Waals surface area contributed by atoms with E-state index in [1.165, 1.54) is 0 Å². The third-order valence-electron chi connectivity index (χ3n) is 4.81. The Morgan fingerprint density at radius 2 is 1.63 bits per heavy atom. The van der Waals surface area contributed by atoms with Crippen molar-refractivity contribution in [3.05, 3.63) is 69.2 Å². The first kappa shape index (κ1) is 18.7. The zero-order valence-electron chi connectivity index (χ0n) is 14.3. The lowest BCUT2D eigenvalue weighted by molar-refractivity contribution is 0.109. The van der Waals surface area contributed by atoms with Crippen molar-refractivity contribution in [2.45, 2.75) is 31.5 Å². The van der Waals surface area contributed by atoms with Gasteiger partial charge in [-0.3, -0.25) is 10.4 Å². The molecule has 1 heterocycles. The lowest BCUT2D eigenvalue weighted by Crippen LogP contribution is -2.40. The van der Waals surface area contributed by atoms with Gasteiger partial charge < -0.3 is 4.74 Å². The normalized spacial score (nSPS) is 20.0. The first-order valence-electron chi connectivity index (χ1n) is 8.77. The van der Waals surface area contributed by atoms with Crippen LogP contribution < -0.4 is 10.1 Å². The Morgan fingerprint density at radius 3 is 2.41 bits per heavy atom. The van der Waals surface area contributed by atoms with Crippen LogP contribution in [0.25, 0.3) is 10.8 Å². The van der Waals surface area contributed by atoms with Crippen molar-refractivity contribution in [2.75, 3.05) is 0 Å². The number of piperidine rings is 1. The van der Waals surface area contributed by atoms with E-state index in [1.807, 2.05) is 12.1 Å². The average Bonchev–Trinajstić information content (AvgIpc) is 2.64. The molecule has 1 aliphatic rings. The van der Waals surface area contributed by atoms with Crippen molar-refractivity contribution < 1.29 is 9.84 Å². The second kappa shape index (κ2) is 7.76. The molecule has 2 unspecified atom stereocenters. The molecule has 0 aliphatic carbocycles. The van der Waals surface area contributed by atoms with Gasteiger partial charge in [-0.05, 0) is 65.9 Å². The smallest absolute Gasteiger partial charge is 0.179 e. The first-order valence-corrected chi connectivity index (χ1v) is 9.91. The second-order valence-corrected chi connectivity index (χ2v) is 7.97. The molecule has 3 nitrogen and oxygen atoms in total. The van der Waals surface area contributed by atoms with Crippen LogP contribution in [0.15, 0.2) is 48.5 Å². The number of nitrogens with one attached hydrogen (secondary N) is 1. The molecule has 1 radical (unpaired) electrons. The van der Waals surface area contributed by atoms with Crippen molar-refractivity contribution in [3.63, 3.8) is 0 Å². The van der Waals surface area contributed by atoms with E-state index in [2.05, 4.69) is 17.4 Å². The number of rotatable bonds is 3. The molecule has 4 rings (SSSR count). The van der Waals surface area contributed by atoms with Crippen molar-refractivity contribution >= 4 is 45.6 Å². The molecule has 0 aromatic heterocycles. The second-order valence-electron chi connectivity index (χ2n) is 6.72. The van der Waals surface area contributed by atoms with Crippen LogP contribution in [0.5, 0.6) is 11.5 Å². The van der Waals surface area contributed by atoms with Crippen LogP contribution in [-0.4, -0.2) is 6.23 Å². The maximum absolute atomic E-state index is 11.6. The van der Waals surface area contributed by atoms with Crippen LogP contribution in [0.2, 0.25) is 15.1 Å². The highest BCUT2D eigenvalue weighted by Crippen LogP contribution is 2.38. The van der Waals surface area contributed by atoms with Crippen LogP contribution in [-0.2, 0) is 5.11 Å². The molecular formula is C21H17Cl3NO2. The Labute approximate surface area is 172 Å². The topological polar surface area (TPSA) is 41.2 Å². The van der Waals surface area contributed by atoms with E-state index in [-0.39, 0.29) is 18.0 Å². The van der Waals surface area contributed by atoms with E-state index < -0.39 is 0 Å². The molecule has 2 atom stereocenters. The Morgan fingerprint density at radius 1 is 0.889 bits per heavy atom. The van der Waals surface area contributed by atoms with Gasteiger partial charge in [-0.25, -0.2) is 0 Å². The molecular weight excluding hydrogens is 405 g/mol. The van der Waals surface area contributed by atoms with E-state index in [4.69, 9.17) is 39.5 Å². The Kier molecular flexibility index (Phi) is 5.38. The molecule has 6 heteroatoms. The Bertz CT molecular complexity index is 969. The summed E-state index contributed by atoms with van der Waals surface area (Å²) in [5.41, 5.74) is 1.13. The molecule has 0 spiro atoms. The largest absolute Gasteiger partial charge is 0.472 e. The fraction of sp³-hybridized carbons (Fsp3) is 0.238. The average molecular weight is 422 g/mol. The predicted molar refractivity (Wildman–Crippen MR) is 110 cm³/mol. The number of ether oxygens (including phenoxy) is 1. The van der Waals surface area contributed by atoms with Gasteiger partial charge >= 0.3 is 0 Å². The summed E-state index contributed by atoms with van der Waals surface area (Å²) in [5.74, 6) is 0.458. The molecule has 3 aromatic carbocycles. The van der Waals surface area contributed by atoms with Crippen molar-refractivity contribution in [1.82, 2.24) is 5.32 Å². The highest BCUT2D eigenvalue weighted by molar-refractivity contribution is 6.40. The highest BCUT2D eigenvalue weighted by atomic mass is 35.5. The van der Waals surface area contributed by atoms with Crippen molar-refractivity contribution in [3.8, 4) is 11.5 Å². The SMILES string of the molecule is [O]c1ccc2ccc(C3CCCC(Oc4c(Cl)cc(Cl)cc4Cl)N3)cc2c1. The summed E-state index contributed by atoms with van der Waals surface area (Å²) >= 11 is 18.4. The maximum Gasteiger partial charge on any atom is 0.179 e. The van der Waals surface area contributed by atoms with Gasteiger partial charge in [0, 0.05) is 11.1 Å². The van der Waals surface area contributed by atoms with E-state index in [9.17, 15) is 5.11 Å². The molecule has 3 aromatic rings. The van der Waals surface area contributed by atoms with Gasteiger partial charge in [0.2, 0.25) is 0 Å². The Hall–Kier alpha value is -1.65. The Balaban J connectivity index is 1.55. The van der Waals surface area contributed by atoms with Crippen LogP contribution in [0.3, 0.4) is 0 Å². The van der Waals surface area contributed by atoms with Gasteiger partial charge in [-0.2, -0.15) is 0 Å². The summed E-state index contributed by atoms with van der Waals surface area (Å²) < 4.78 is 6.05. The summed E-state index contributed by atoms with van der Waals surface area (Å²) in [6, 6.07) is 14.7. The summed E-state index contributed by atoms with van der Waals surface area (Å²) in [6.45, 7) is 0. The minimum absolute atomic E-state index is 0.0180. The third-order valence-corrected chi connectivity index (χ3v) is 5.59. The summed E-state index contributed by atoms with van der Waals surface area (Å²) in [4.78, 5) is 0. The van der Waals surface area contributed by atoms with Crippen LogP contribution in [0.1, 0.15) is 30.9 Å². The fourth-order valence-corrected chi connectivity index (χ4v) is 4.40. The van der Waals surface area contributed by atoms with E-state index >= 15 is 0 Å². The number of benzene rings is 3. The standard InChI is InChI=1S/C21H17Cl3NO2/c22-15-10-17(23)21(18(24)11-15)27-20-3-1-2-19(25-20)13-5-4-12-6-7-16(26)9-14(12)8-13/h4-11,19-20,25H,1-3H2. The van der Waals surface area contributed by atoms with E-state index in [0.717, 1.165) is 35.6 Å². The van der Waals surface area contributed by atoms with E-state index in [1.54, 1.807) is 24.3 Å². The quantitative estimate of drug-likeness (QED) is 0.487. The van der Waals surface area contributed by atoms with Crippen LogP contribution >= 0.6 is 34.8 Å². The molecule has 27 heavy (non-hydrogen) atoms. The molecule has 0 bridgehead atoms. The molecule has 1 aliphatic heterocycles. The first-order chi connectivity index (χ1) is 13.0.